The first-order valence-electron chi connectivity index (χ1n) is 4.68. The fourth-order valence-corrected chi connectivity index (χ4v) is 1.41. The Morgan fingerprint density at radius 3 is 1.73 bits per heavy atom. The van der Waals surface area contributed by atoms with Gasteiger partial charge in [0, 0.05) is 0 Å². The Hall–Kier alpha value is 0. The van der Waals surface area contributed by atoms with Crippen LogP contribution in [0.1, 0.15) is 53.9 Å². The zero-order valence-electron chi connectivity index (χ0n) is 8.83. The van der Waals surface area contributed by atoms with Crippen molar-refractivity contribution in [3.05, 3.63) is 6.92 Å². The monoisotopic (exact) mass is 155 g/mol. The van der Waals surface area contributed by atoms with Crippen molar-refractivity contribution < 1.29 is 0 Å². The molecule has 0 spiro atoms. The summed E-state index contributed by atoms with van der Waals surface area (Å²) in [6, 6.07) is 0. The van der Waals surface area contributed by atoms with E-state index in [9.17, 15) is 0 Å². The van der Waals surface area contributed by atoms with Gasteiger partial charge in [-0.2, -0.15) is 0 Å². The molecule has 0 saturated carbocycles. The zero-order valence-corrected chi connectivity index (χ0v) is 8.83. The second-order valence-electron chi connectivity index (χ2n) is 4.86. The van der Waals surface area contributed by atoms with E-state index in [4.69, 9.17) is 0 Å². The standard InChI is InChI=1S/C11H23/c1-7-10(3,4)9-11(5,6)8-2/h3,7-9H2,1-2,4-6H3. The van der Waals surface area contributed by atoms with Crippen LogP contribution in [0.3, 0.4) is 0 Å². The van der Waals surface area contributed by atoms with E-state index in [-0.39, 0.29) is 5.41 Å². The minimum absolute atomic E-state index is 0.277. The minimum Gasteiger partial charge on any atom is -0.0649 e. The quantitative estimate of drug-likeness (QED) is 0.574. The average molecular weight is 155 g/mol. The van der Waals surface area contributed by atoms with Crippen molar-refractivity contribution >= 4 is 0 Å². The molecule has 0 aromatic rings. The summed E-state index contributed by atoms with van der Waals surface area (Å²) in [6.07, 6.45) is 3.65. The van der Waals surface area contributed by atoms with Crippen molar-refractivity contribution in [1.29, 1.82) is 0 Å². The summed E-state index contributed by atoms with van der Waals surface area (Å²) in [5, 5.41) is 0. The molecule has 0 heteroatoms. The van der Waals surface area contributed by atoms with Crippen molar-refractivity contribution in [2.45, 2.75) is 53.9 Å². The molecule has 0 amide bonds. The molecule has 0 aromatic heterocycles. The van der Waals surface area contributed by atoms with E-state index in [0.29, 0.717) is 5.41 Å². The maximum absolute atomic E-state index is 4.22. The zero-order chi connectivity index (χ0) is 9.12. The average Bonchev–Trinajstić information content (AvgIpc) is 1.86. The van der Waals surface area contributed by atoms with Gasteiger partial charge in [-0.1, -0.05) is 47.5 Å². The highest BCUT2D eigenvalue weighted by Gasteiger charge is 2.25. The molecule has 0 N–H and O–H groups in total. The third kappa shape index (κ3) is 4.44. The van der Waals surface area contributed by atoms with Gasteiger partial charge in [0.25, 0.3) is 0 Å². The van der Waals surface area contributed by atoms with E-state index in [1.54, 1.807) is 0 Å². The molecule has 1 unspecified atom stereocenters. The lowest BCUT2D eigenvalue weighted by atomic mass is 9.72. The van der Waals surface area contributed by atoms with Crippen LogP contribution in [0.25, 0.3) is 0 Å². The highest BCUT2D eigenvalue weighted by molar-refractivity contribution is 4.82. The van der Waals surface area contributed by atoms with Crippen molar-refractivity contribution in [3.63, 3.8) is 0 Å². The summed E-state index contributed by atoms with van der Waals surface area (Å²) in [4.78, 5) is 0. The van der Waals surface area contributed by atoms with E-state index >= 15 is 0 Å². The minimum atomic E-state index is 0.277. The molecule has 0 aliphatic carbocycles. The molecule has 1 atom stereocenters. The molecule has 1 radical (unpaired) electrons. The maximum atomic E-state index is 4.22. The van der Waals surface area contributed by atoms with Gasteiger partial charge in [-0.15, -0.1) is 0 Å². The van der Waals surface area contributed by atoms with Gasteiger partial charge in [0.15, 0.2) is 0 Å². The predicted octanol–water partition coefficient (Wildman–Crippen LogP) is 4.06. The van der Waals surface area contributed by atoms with Crippen LogP contribution in [0.4, 0.5) is 0 Å². The van der Waals surface area contributed by atoms with Gasteiger partial charge >= 0.3 is 0 Å². The van der Waals surface area contributed by atoms with E-state index in [2.05, 4.69) is 41.5 Å². The molecule has 0 aliphatic rings. The normalized spacial score (nSPS) is 13.6. The van der Waals surface area contributed by atoms with Crippen molar-refractivity contribution in [1.82, 2.24) is 0 Å². The summed E-state index contributed by atoms with van der Waals surface area (Å²) < 4.78 is 0. The highest BCUT2D eigenvalue weighted by Crippen LogP contribution is 2.37. The van der Waals surface area contributed by atoms with Crippen LogP contribution in [0.15, 0.2) is 0 Å². The van der Waals surface area contributed by atoms with Crippen LogP contribution >= 0.6 is 0 Å². The molecule has 67 valence electrons. The van der Waals surface area contributed by atoms with E-state index < -0.39 is 0 Å². The molecule has 0 aromatic carbocycles. The van der Waals surface area contributed by atoms with Gasteiger partial charge in [-0.25, -0.2) is 0 Å². The summed E-state index contributed by atoms with van der Waals surface area (Å²) >= 11 is 0. The molecular formula is C11H23. The largest absolute Gasteiger partial charge is 0.0649 e. The summed E-state index contributed by atoms with van der Waals surface area (Å²) in [6.45, 7) is 15.6. The van der Waals surface area contributed by atoms with Crippen LogP contribution in [0, 0.1) is 17.8 Å². The van der Waals surface area contributed by atoms with Crippen molar-refractivity contribution in [3.8, 4) is 0 Å². The Balaban J connectivity index is 4.02. The number of hydrogen-bond acceptors (Lipinski definition) is 0. The van der Waals surface area contributed by atoms with Crippen LogP contribution < -0.4 is 0 Å². The molecule has 0 bridgehead atoms. The Labute approximate surface area is 72.4 Å². The molecule has 0 nitrogen and oxygen atoms in total. The van der Waals surface area contributed by atoms with Gasteiger partial charge in [0.2, 0.25) is 0 Å². The lowest BCUT2D eigenvalue weighted by Gasteiger charge is -2.33. The summed E-state index contributed by atoms with van der Waals surface area (Å²) in [5.41, 5.74) is 0.742. The number of hydrogen-bond donors (Lipinski definition) is 0. The van der Waals surface area contributed by atoms with E-state index in [0.717, 1.165) is 0 Å². The van der Waals surface area contributed by atoms with Gasteiger partial charge in [0.05, 0.1) is 0 Å². The Morgan fingerprint density at radius 2 is 1.45 bits per heavy atom. The topological polar surface area (TPSA) is 0 Å². The molecule has 11 heavy (non-hydrogen) atoms. The fourth-order valence-electron chi connectivity index (χ4n) is 1.41. The lowest BCUT2D eigenvalue weighted by Crippen LogP contribution is -2.21. The Kier molecular flexibility index (Phi) is 3.60. The first-order valence-corrected chi connectivity index (χ1v) is 4.68. The third-order valence-electron chi connectivity index (χ3n) is 2.72. The van der Waals surface area contributed by atoms with Gasteiger partial charge < -0.3 is 0 Å². The summed E-state index contributed by atoms with van der Waals surface area (Å²) in [5.74, 6) is 0. The molecule has 0 fully saturated rings. The highest BCUT2D eigenvalue weighted by atomic mass is 14.3. The number of rotatable bonds is 4. The Bertz CT molecular complexity index is 95.2. The van der Waals surface area contributed by atoms with Gasteiger partial charge in [-0.05, 0) is 24.2 Å². The lowest BCUT2D eigenvalue weighted by molar-refractivity contribution is 0.207. The maximum Gasteiger partial charge on any atom is -0.0323 e. The molecule has 0 saturated heterocycles. The second kappa shape index (κ2) is 3.60. The van der Waals surface area contributed by atoms with Crippen LogP contribution in [-0.4, -0.2) is 0 Å². The van der Waals surface area contributed by atoms with Crippen LogP contribution in [-0.2, 0) is 0 Å². The van der Waals surface area contributed by atoms with E-state index in [1.165, 1.54) is 19.3 Å². The van der Waals surface area contributed by atoms with Gasteiger partial charge in [0.1, 0.15) is 0 Å². The van der Waals surface area contributed by atoms with E-state index in [1.807, 2.05) is 0 Å². The third-order valence-corrected chi connectivity index (χ3v) is 2.72. The predicted molar refractivity (Wildman–Crippen MR) is 52.4 cm³/mol. The van der Waals surface area contributed by atoms with Gasteiger partial charge in [-0.3, -0.25) is 0 Å². The van der Waals surface area contributed by atoms with Crippen LogP contribution in [0.5, 0.6) is 0 Å². The fraction of sp³-hybridized carbons (Fsp3) is 0.909. The molecule has 0 rings (SSSR count). The van der Waals surface area contributed by atoms with Crippen molar-refractivity contribution in [2.24, 2.45) is 10.8 Å². The first kappa shape index (κ1) is 11.0. The molecule has 0 aliphatic heterocycles. The molecular weight excluding hydrogens is 132 g/mol. The SMILES string of the molecule is [CH2]C(C)(CC)CC(C)(C)CC. The first-order chi connectivity index (χ1) is 4.83. The van der Waals surface area contributed by atoms with Crippen LogP contribution in [0.2, 0.25) is 0 Å². The second-order valence-corrected chi connectivity index (χ2v) is 4.86. The smallest absolute Gasteiger partial charge is 0.0323 e. The molecule has 0 heterocycles. The Morgan fingerprint density at radius 1 is 1.00 bits per heavy atom. The van der Waals surface area contributed by atoms with Crippen molar-refractivity contribution in [2.75, 3.05) is 0 Å². The summed E-state index contributed by atoms with van der Waals surface area (Å²) in [7, 11) is 0.